The van der Waals surface area contributed by atoms with Crippen LogP contribution >= 0.6 is 0 Å². The van der Waals surface area contributed by atoms with Crippen LogP contribution < -0.4 is 5.32 Å². The van der Waals surface area contributed by atoms with Crippen molar-refractivity contribution in [1.29, 1.82) is 0 Å². The Morgan fingerprint density at radius 1 is 1.05 bits per heavy atom. The molecule has 110 valence electrons. The minimum Gasteiger partial charge on any atom is -0.303 e. The van der Waals surface area contributed by atoms with Crippen molar-refractivity contribution in [2.45, 2.75) is 38.3 Å². The summed E-state index contributed by atoms with van der Waals surface area (Å²) >= 11 is 0. The number of nitrogens with one attached hydrogen (secondary N) is 1. The maximum Gasteiger partial charge on any atom is 0.127 e. The maximum absolute atomic E-state index is 14.1. The highest BCUT2D eigenvalue weighted by Gasteiger charge is 2.33. The standard InChI is InChI=1S/C19H22FN/c1-2-18(16-10-6-7-11-17(16)20)21-19(15-12-13-15)14-8-4-3-5-9-14/h3-11,15,18-19,21H,2,12-13H2,1H3. The smallest absolute Gasteiger partial charge is 0.127 e. The van der Waals surface area contributed by atoms with Crippen molar-refractivity contribution in [3.05, 3.63) is 71.5 Å². The average Bonchev–Trinajstić information content (AvgIpc) is 3.35. The lowest BCUT2D eigenvalue weighted by molar-refractivity contribution is 0.392. The van der Waals surface area contributed by atoms with Gasteiger partial charge >= 0.3 is 0 Å². The zero-order chi connectivity index (χ0) is 14.7. The topological polar surface area (TPSA) is 12.0 Å². The summed E-state index contributed by atoms with van der Waals surface area (Å²) < 4.78 is 14.1. The Labute approximate surface area is 126 Å². The van der Waals surface area contributed by atoms with Gasteiger partial charge in [0.2, 0.25) is 0 Å². The van der Waals surface area contributed by atoms with Crippen molar-refractivity contribution in [2.24, 2.45) is 5.92 Å². The molecule has 0 radical (unpaired) electrons. The Bertz CT molecular complexity index is 577. The first-order chi connectivity index (χ1) is 10.3. The van der Waals surface area contributed by atoms with Crippen LogP contribution in [0.3, 0.4) is 0 Å². The molecule has 0 spiro atoms. The predicted molar refractivity (Wildman–Crippen MR) is 84.5 cm³/mol. The molecule has 1 aliphatic rings. The van der Waals surface area contributed by atoms with Crippen molar-refractivity contribution in [3.8, 4) is 0 Å². The zero-order valence-electron chi connectivity index (χ0n) is 12.4. The third-order valence-electron chi connectivity index (χ3n) is 4.32. The van der Waals surface area contributed by atoms with Crippen LogP contribution in [0.4, 0.5) is 4.39 Å². The van der Waals surface area contributed by atoms with Gasteiger partial charge in [0.05, 0.1) is 0 Å². The molecule has 1 aliphatic carbocycles. The molecule has 0 saturated heterocycles. The largest absolute Gasteiger partial charge is 0.303 e. The second kappa shape index (κ2) is 6.40. The fourth-order valence-corrected chi connectivity index (χ4v) is 3.00. The second-order valence-corrected chi connectivity index (χ2v) is 5.87. The fourth-order valence-electron chi connectivity index (χ4n) is 3.00. The third kappa shape index (κ3) is 3.33. The van der Waals surface area contributed by atoms with Gasteiger partial charge in [-0.15, -0.1) is 0 Å². The normalized spacial score (nSPS) is 17.4. The van der Waals surface area contributed by atoms with E-state index in [1.165, 1.54) is 18.4 Å². The first kappa shape index (κ1) is 14.3. The molecule has 0 aromatic heterocycles. The van der Waals surface area contributed by atoms with E-state index in [2.05, 4.69) is 36.5 Å². The summed E-state index contributed by atoms with van der Waals surface area (Å²) in [4.78, 5) is 0. The molecule has 2 atom stereocenters. The molecule has 2 unspecified atom stereocenters. The van der Waals surface area contributed by atoms with Gasteiger partial charge in [-0.2, -0.15) is 0 Å². The van der Waals surface area contributed by atoms with Gasteiger partial charge in [-0.05, 0) is 36.8 Å². The van der Waals surface area contributed by atoms with Crippen molar-refractivity contribution >= 4 is 0 Å². The molecule has 1 saturated carbocycles. The van der Waals surface area contributed by atoms with Crippen molar-refractivity contribution in [2.75, 3.05) is 0 Å². The molecule has 0 heterocycles. The Balaban J connectivity index is 1.83. The molecule has 1 N–H and O–H groups in total. The minimum atomic E-state index is -0.112. The summed E-state index contributed by atoms with van der Waals surface area (Å²) in [7, 11) is 0. The van der Waals surface area contributed by atoms with Crippen LogP contribution in [-0.2, 0) is 0 Å². The van der Waals surface area contributed by atoms with Crippen LogP contribution in [0, 0.1) is 11.7 Å². The van der Waals surface area contributed by atoms with E-state index in [9.17, 15) is 4.39 Å². The lowest BCUT2D eigenvalue weighted by Crippen LogP contribution is -2.28. The molecule has 21 heavy (non-hydrogen) atoms. The number of benzene rings is 2. The molecular weight excluding hydrogens is 261 g/mol. The molecule has 1 fully saturated rings. The highest BCUT2D eigenvalue weighted by Crippen LogP contribution is 2.42. The number of halogens is 1. The first-order valence-electron chi connectivity index (χ1n) is 7.85. The molecule has 2 aromatic rings. The van der Waals surface area contributed by atoms with Gasteiger partial charge in [0, 0.05) is 17.6 Å². The summed E-state index contributed by atoms with van der Waals surface area (Å²) in [6.07, 6.45) is 3.41. The van der Waals surface area contributed by atoms with E-state index in [-0.39, 0.29) is 11.9 Å². The molecule has 0 amide bonds. The van der Waals surface area contributed by atoms with Crippen LogP contribution in [0.25, 0.3) is 0 Å². The summed E-state index contributed by atoms with van der Waals surface area (Å²) in [5, 5.41) is 3.70. The van der Waals surface area contributed by atoms with E-state index < -0.39 is 0 Å². The van der Waals surface area contributed by atoms with E-state index in [1.54, 1.807) is 12.1 Å². The average molecular weight is 283 g/mol. The molecule has 0 bridgehead atoms. The van der Waals surface area contributed by atoms with E-state index in [4.69, 9.17) is 0 Å². The van der Waals surface area contributed by atoms with E-state index in [0.29, 0.717) is 12.0 Å². The minimum absolute atomic E-state index is 0.0667. The quantitative estimate of drug-likeness (QED) is 0.785. The summed E-state index contributed by atoms with van der Waals surface area (Å²) in [5.74, 6) is 0.577. The Kier molecular flexibility index (Phi) is 4.35. The lowest BCUT2D eigenvalue weighted by Gasteiger charge is -2.26. The van der Waals surface area contributed by atoms with Crippen molar-refractivity contribution in [3.63, 3.8) is 0 Å². The van der Waals surface area contributed by atoms with Crippen LogP contribution in [-0.4, -0.2) is 0 Å². The molecule has 0 aliphatic heterocycles. The van der Waals surface area contributed by atoms with E-state index >= 15 is 0 Å². The predicted octanol–water partition coefficient (Wildman–Crippen LogP) is 5.02. The summed E-state index contributed by atoms with van der Waals surface area (Å²) in [6, 6.07) is 18.0. The van der Waals surface area contributed by atoms with Crippen LogP contribution in [0.2, 0.25) is 0 Å². The van der Waals surface area contributed by atoms with Gasteiger partial charge in [-0.1, -0.05) is 55.5 Å². The number of hydrogen-bond donors (Lipinski definition) is 1. The van der Waals surface area contributed by atoms with Crippen LogP contribution in [0.1, 0.15) is 49.4 Å². The number of rotatable bonds is 6. The lowest BCUT2D eigenvalue weighted by atomic mass is 9.97. The summed E-state index contributed by atoms with van der Waals surface area (Å²) in [6.45, 7) is 2.11. The highest BCUT2D eigenvalue weighted by atomic mass is 19.1. The van der Waals surface area contributed by atoms with Gasteiger partial charge in [0.25, 0.3) is 0 Å². The first-order valence-corrected chi connectivity index (χ1v) is 7.85. The molecule has 3 rings (SSSR count). The van der Waals surface area contributed by atoms with Crippen molar-refractivity contribution in [1.82, 2.24) is 5.32 Å². The molecule has 2 aromatic carbocycles. The summed E-state index contributed by atoms with van der Waals surface area (Å²) in [5.41, 5.74) is 2.09. The SMILES string of the molecule is CCC(NC(c1ccccc1)C1CC1)c1ccccc1F. The van der Waals surface area contributed by atoms with Gasteiger partial charge in [0.15, 0.2) is 0 Å². The zero-order valence-corrected chi connectivity index (χ0v) is 12.4. The van der Waals surface area contributed by atoms with Gasteiger partial charge in [-0.25, -0.2) is 4.39 Å². The van der Waals surface area contributed by atoms with Gasteiger partial charge in [0.1, 0.15) is 5.82 Å². The molecule has 1 nitrogen and oxygen atoms in total. The maximum atomic E-state index is 14.1. The van der Waals surface area contributed by atoms with Gasteiger partial charge < -0.3 is 5.32 Å². The van der Waals surface area contributed by atoms with Gasteiger partial charge in [-0.3, -0.25) is 0 Å². The van der Waals surface area contributed by atoms with Crippen LogP contribution in [0.15, 0.2) is 54.6 Å². The monoisotopic (exact) mass is 283 g/mol. The Morgan fingerprint density at radius 2 is 1.71 bits per heavy atom. The van der Waals surface area contributed by atoms with Crippen LogP contribution in [0.5, 0.6) is 0 Å². The van der Waals surface area contributed by atoms with E-state index in [1.807, 2.05) is 18.2 Å². The molecular formula is C19H22FN. The Morgan fingerprint density at radius 3 is 2.33 bits per heavy atom. The van der Waals surface area contributed by atoms with E-state index in [0.717, 1.165) is 12.0 Å². The highest BCUT2D eigenvalue weighted by molar-refractivity contribution is 5.25. The fraction of sp³-hybridized carbons (Fsp3) is 0.368. The Hall–Kier alpha value is -1.67. The van der Waals surface area contributed by atoms with Crippen molar-refractivity contribution < 1.29 is 4.39 Å². The third-order valence-corrected chi connectivity index (χ3v) is 4.32. The number of hydrogen-bond acceptors (Lipinski definition) is 1. The second-order valence-electron chi connectivity index (χ2n) is 5.87. The molecule has 2 heteroatoms.